The van der Waals surface area contributed by atoms with Crippen molar-refractivity contribution in [3.05, 3.63) is 0 Å². The Morgan fingerprint density at radius 2 is 1.42 bits per heavy atom. The zero-order valence-corrected chi connectivity index (χ0v) is 12.9. The van der Waals surface area contributed by atoms with E-state index in [4.69, 9.17) is 14.2 Å². The van der Waals surface area contributed by atoms with Crippen LogP contribution in [0.3, 0.4) is 0 Å². The molecule has 8 N–H and O–H groups in total. The molecule has 0 aromatic rings. The molecule has 0 amide bonds. The van der Waals surface area contributed by atoms with Crippen molar-refractivity contribution in [1.29, 1.82) is 0 Å². The maximum atomic E-state index is 10.9. The lowest BCUT2D eigenvalue weighted by Gasteiger charge is -2.54. The standard InChI is InChI=1S/C13H24O11/c1-22-12-10(20)13(21,9(19)5(3-15)24-12)11-8(18)7(17)6(16)4(2-14)23-11/h4-12,14-21H,2-3H2,1H3/t4-,5-,6+,7+,8-,9-,10+,11-,12+,13+/m1/s1. The van der Waals surface area contributed by atoms with Crippen LogP contribution in [0.5, 0.6) is 0 Å². The molecule has 0 aromatic heterocycles. The van der Waals surface area contributed by atoms with Crippen molar-refractivity contribution in [2.24, 2.45) is 0 Å². The molecule has 0 aromatic carbocycles. The lowest BCUT2D eigenvalue weighted by molar-refractivity contribution is -0.371. The molecule has 11 heteroatoms. The zero-order chi connectivity index (χ0) is 18.2. The highest BCUT2D eigenvalue weighted by atomic mass is 16.7. The first-order valence-electron chi connectivity index (χ1n) is 7.42. The van der Waals surface area contributed by atoms with Gasteiger partial charge < -0.3 is 55.1 Å². The molecular weight excluding hydrogens is 332 g/mol. The monoisotopic (exact) mass is 356 g/mol. The van der Waals surface area contributed by atoms with Crippen molar-refractivity contribution in [3.8, 4) is 0 Å². The molecule has 0 saturated carbocycles. The average molecular weight is 356 g/mol. The normalized spacial score (nSPS) is 53.1. The molecule has 2 fully saturated rings. The fourth-order valence-corrected chi connectivity index (χ4v) is 3.16. The first-order valence-corrected chi connectivity index (χ1v) is 7.42. The van der Waals surface area contributed by atoms with E-state index in [0.717, 1.165) is 7.11 Å². The smallest absolute Gasteiger partial charge is 0.186 e. The van der Waals surface area contributed by atoms with Gasteiger partial charge in [-0.15, -0.1) is 0 Å². The van der Waals surface area contributed by atoms with Crippen LogP contribution in [0, 0.1) is 0 Å². The Bertz CT molecular complexity index is 403. The summed E-state index contributed by atoms with van der Waals surface area (Å²) in [6, 6.07) is 0. The molecule has 11 nitrogen and oxygen atoms in total. The topological polar surface area (TPSA) is 190 Å². The van der Waals surface area contributed by atoms with Crippen LogP contribution in [-0.4, -0.2) is 122 Å². The molecule has 2 saturated heterocycles. The second-order valence-corrected chi connectivity index (χ2v) is 5.99. The molecule has 0 radical (unpaired) electrons. The van der Waals surface area contributed by atoms with Gasteiger partial charge in [0.05, 0.1) is 13.2 Å². The summed E-state index contributed by atoms with van der Waals surface area (Å²) in [5.41, 5.74) is -2.62. The fraction of sp³-hybridized carbons (Fsp3) is 1.00. The van der Waals surface area contributed by atoms with Gasteiger partial charge in [0.15, 0.2) is 11.9 Å². The predicted molar refractivity (Wildman–Crippen MR) is 73.5 cm³/mol. The number of aliphatic hydroxyl groups is 8. The van der Waals surface area contributed by atoms with Gasteiger partial charge in [-0.3, -0.25) is 0 Å². The van der Waals surface area contributed by atoms with Gasteiger partial charge >= 0.3 is 0 Å². The van der Waals surface area contributed by atoms with E-state index in [2.05, 4.69) is 0 Å². The van der Waals surface area contributed by atoms with Crippen molar-refractivity contribution in [2.75, 3.05) is 20.3 Å². The van der Waals surface area contributed by atoms with E-state index in [-0.39, 0.29) is 0 Å². The van der Waals surface area contributed by atoms with Crippen LogP contribution in [0.1, 0.15) is 0 Å². The Kier molecular flexibility index (Phi) is 6.16. The minimum absolute atomic E-state index is 0.743. The molecule has 2 aliphatic heterocycles. The van der Waals surface area contributed by atoms with Crippen LogP contribution in [-0.2, 0) is 14.2 Å². The third-order valence-electron chi connectivity index (χ3n) is 4.63. The summed E-state index contributed by atoms with van der Waals surface area (Å²) in [5, 5.41) is 79.8. The van der Waals surface area contributed by atoms with E-state index in [1.165, 1.54) is 0 Å². The molecule has 10 atom stereocenters. The van der Waals surface area contributed by atoms with Crippen LogP contribution >= 0.6 is 0 Å². The number of hydrogen-bond acceptors (Lipinski definition) is 11. The SMILES string of the molecule is CO[C@H]1O[C@H](CO)[C@@H](O)[C@@](O)([C@@H]2O[C@H](CO)[C@H](O)[C@H](O)[C@H]2O)[C@H]1O. The van der Waals surface area contributed by atoms with Crippen LogP contribution in [0.2, 0.25) is 0 Å². The molecule has 2 rings (SSSR count). The summed E-state index contributed by atoms with van der Waals surface area (Å²) in [6.45, 7) is -1.50. The Labute approximate surface area is 137 Å². The molecule has 0 aliphatic carbocycles. The van der Waals surface area contributed by atoms with Crippen LogP contribution < -0.4 is 0 Å². The fourth-order valence-electron chi connectivity index (χ4n) is 3.16. The average Bonchev–Trinajstić information content (AvgIpc) is 2.58. The van der Waals surface area contributed by atoms with Crippen LogP contribution in [0.25, 0.3) is 0 Å². The van der Waals surface area contributed by atoms with Gasteiger partial charge in [0.25, 0.3) is 0 Å². The molecule has 142 valence electrons. The van der Waals surface area contributed by atoms with E-state index in [0.29, 0.717) is 0 Å². The Hall–Kier alpha value is -0.440. The first-order chi connectivity index (χ1) is 11.2. The van der Waals surface area contributed by atoms with Crippen molar-refractivity contribution in [1.82, 2.24) is 0 Å². The number of rotatable bonds is 4. The van der Waals surface area contributed by atoms with Crippen molar-refractivity contribution in [2.45, 2.75) is 60.7 Å². The van der Waals surface area contributed by atoms with Crippen molar-refractivity contribution in [3.63, 3.8) is 0 Å². The van der Waals surface area contributed by atoms with Gasteiger partial charge in [0.2, 0.25) is 0 Å². The first kappa shape index (κ1) is 19.9. The second kappa shape index (κ2) is 7.43. The summed E-state index contributed by atoms with van der Waals surface area (Å²) in [6.07, 6.45) is -15.3. The van der Waals surface area contributed by atoms with Crippen molar-refractivity contribution < 1.29 is 55.1 Å². The predicted octanol–water partition coefficient (Wildman–Crippen LogP) is -5.35. The van der Waals surface area contributed by atoms with Gasteiger partial charge in [-0.1, -0.05) is 0 Å². The van der Waals surface area contributed by atoms with E-state index in [1.807, 2.05) is 0 Å². The van der Waals surface area contributed by atoms with Crippen molar-refractivity contribution >= 4 is 0 Å². The Balaban J connectivity index is 2.40. The maximum Gasteiger partial charge on any atom is 0.186 e. The van der Waals surface area contributed by atoms with Crippen LogP contribution in [0.15, 0.2) is 0 Å². The Morgan fingerprint density at radius 1 is 0.833 bits per heavy atom. The summed E-state index contributed by atoms with van der Waals surface area (Å²) in [7, 11) is 1.15. The minimum atomic E-state index is -2.62. The quantitative estimate of drug-likeness (QED) is 0.240. The summed E-state index contributed by atoms with van der Waals surface area (Å²) in [4.78, 5) is 0. The number of ether oxygens (including phenoxy) is 3. The third kappa shape index (κ3) is 2.95. The number of aliphatic hydroxyl groups excluding tert-OH is 7. The Morgan fingerprint density at radius 3 is 1.92 bits per heavy atom. The number of methoxy groups -OCH3 is 1. The van der Waals surface area contributed by atoms with E-state index in [9.17, 15) is 40.9 Å². The highest BCUT2D eigenvalue weighted by molar-refractivity contribution is 5.11. The minimum Gasteiger partial charge on any atom is -0.394 e. The molecule has 0 bridgehead atoms. The highest BCUT2D eigenvalue weighted by Crippen LogP contribution is 2.39. The van der Waals surface area contributed by atoms with Gasteiger partial charge in [-0.05, 0) is 0 Å². The largest absolute Gasteiger partial charge is 0.394 e. The summed E-state index contributed by atoms with van der Waals surface area (Å²) >= 11 is 0. The molecule has 0 spiro atoms. The van der Waals surface area contributed by atoms with Gasteiger partial charge in [-0.25, -0.2) is 0 Å². The second-order valence-electron chi connectivity index (χ2n) is 5.99. The van der Waals surface area contributed by atoms with Gasteiger partial charge in [-0.2, -0.15) is 0 Å². The number of hydrogen-bond donors (Lipinski definition) is 8. The van der Waals surface area contributed by atoms with E-state index in [1.54, 1.807) is 0 Å². The maximum absolute atomic E-state index is 10.9. The lowest BCUT2D eigenvalue weighted by atomic mass is 9.74. The molecular formula is C13H24O11. The third-order valence-corrected chi connectivity index (χ3v) is 4.63. The molecule has 2 aliphatic rings. The van der Waals surface area contributed by atoms with Crippen LogP contribution in [0.4, 0.5) is 0 Å². The lowest BCUT2D eigenvalue weighted by Crippen LogP contribution is -2.77. The van der Waals surface area contributed by atoms with Gasteiger partial charge in [0, 0.05) is 7.11 Å². The highest BCUT2D eigenvalue weighted by Gasteiger charge is 2.64. The van der Waals surface area contributed by atoms with E-state index >= 15 is 0 Å². The van der Waals surface area contributed by atoms with E-state index < -0.39 is 73.9 Å². The van der Waals surface area contributed by atoms with Gasteiger partial charge in [0.1, 0.15) is 48.8 Å². The molecule has 2 heterocycles. The zero-order valence-electron chi connectivity index (χ0n) is 12.9. The summed E-state index contributed by atoms with van der Waals surface area (Å²) in [5.74, 6) is 0. The molecule has 24 heavy (non-hydrogen) atoms. The molecule has 0 unspecified atom stereocenters. The summed E-state index contributed by atoms with van der Waals surface area (Å²) < 4.78 is 15.2.